The smallest absolute Gasteiger partial charge is 0.335 e. The maximum atomic E-state index is 11.2. The van der Waals surface area contributed by atoms with Crippen LogP contribution in [-0.2, 0) is 0 Å². The van der Waals surface area contributed by atoms with E-state index in [2.05, 4.69) is 0 Å². The summed E-state index contributed by atoms with van der Waals surface area (Å²) in [6, 6.07) is 19.8. The molecule has 1 aliphatic rings. The molecule has 1 N–H and O–H groups in total. The average molecular weight is 441 g/mol. The molecule has 30 heavy (non-hydrogen) atoms. The van der Waals surface area contributed by atoms with Gasteiger partial charge in [-0.25, -0.2) is 4.79 Å². The van der Waals surface area contributed by atoms with Gasteiger partial charge in [0.25, 0.3) is 0 Å². The third-order valence-electron chi connectivity index (χ3n) is 5.03. The fourth-order valence-electron chi connectivity index (χ4n) is 3.48. The largest absolute Gasteiger partial charge is 0.497 e. The topological polar surface area (TPSA) is 62.1 Å². The fraction of sp³-hybridized carbons (Fsp3) is 0.130. The third kappa shape index (κ3) is 3.99. The molecule has 152 valence electrons. The van der Waals surface area contributed by atoms with Gasteiger partial charge in [-0.3, -0.25) is 5.01 Å². The molecule has 0 saturated carbocycles. The van der Waals surface area contributed by atoms with Gasteiger partial charge in [-0.05, 0) is 54.1 Å². The predicted molar refractivity (Wildman–Crippen MR) is 119 cm³/mol. The number of carbonyl (C=O) groups is 1. The lowest BCUT2D eigenvalue weighted by atomic mass is 9.98. The number of hydrogen-bond donors (Lipinski definition) is 1. The highest BCUT2D eigenvalue weighted by Crippen LogP contribution is 2.38. The average Bonchev–Trinajstić information content (AvgIpc) is 3.19. The SMILES string of the molecule is COc1ccc(C2CC(c3ccc(Cl)cc3Cl)=NN2c2ccc(C(=O)O)cc2)cc1. The van der Waals surface area contributed by atoms with Crippen LogP contribution in [0.3, 0.4) is 0 Å². The quantitative estimate of drug-likeness (QED) is 0.523. The summed E-state index contributed by atoms with van der Waals surface area (Å²) >= 11 is 12.5. The Kier molecular flexibility index (Phi) is 5.66. The number of carboxylic acids is 1. The summed E-state index contributed by atoms with van der Waals surface area (Å²) in [5.41, 5.74) is 3.73. The summed E-state index contributed by atoms with van der Waals surface area (Å²) in [6.45, 7) is 0. The lowest BCUT2D eigenvalue weighted by Crippen LogP contribution is -2.18. The lowest BCUT2D eigenvalue weighted by molar-refractivity contribution is 0.0697. The Balaban J connectivity index is 1.75. The molecule has 1 heterocycles. The first-order valence-corrected chi connectivity index (χ1v) is 10.0. The Hall–Kier alpha value is -3.02. The van der Waals surface area contributed by atoms with Crippen molar-refractivity contribution in [2.45, 2.75) is 12.5 Å². The van der Waals surface area contributed by atoms with Crippen LogP contribution in [0.4, 0.5) is 5.69 Å². The molecule has 0 aromatic heterocycles. The van der Waals surface area contributed by atoms with Crippen LogP contribution in [0, 0.1) is 0 Å². The molecule has 4 rings (SSSR count). The standard InChI is InChI=1S/C23H18Cl2N2O3/c1-30-18-9-4-14(5-10-18)22-13-21(19-11-6-16(24)12-20(19)25)26-27(22)17-7-2-15(3-8-17)23(28)29/h2-12,22H,13H2,1H3,(H,28,29). The number of halogens is 2. The number of rotatable bonds is 5. The monoisotopic (exact) mass is 440 g/mol. The number of hydrogen-bond acceptors (Lipinski definition) is 4. The van der Waals surface area contributed by atoms with Gasteiger partial charge < -0.3 is 9.84 Å². The molecule has 3 aromatic carbocycles. The zero-order valence-corrected chi connectivity index (χ0v) is 17.6. The normalized spacial score (nSPS) is 15.8. The van der Waals surface area contributed by atoms with Crippen molar-refractivity contribution in [3.05, 3.63) is 93.5 Å². The van der Waals surface area contributed by atoms with Crippen LogP contribution >= 0.6 is 23.2 Å². The van der Waals surface area contributed by atoms with Crippen molar-refractivity contribution < 1.29 is 14.6 Å². The molecule has 1 unspecified atom stereocenters. The van der Waals surface area contributed by atoms with E-state index in [0.29, 0.717) is 16.5 Å². The van der Waals surface area contributed by atoms with E-state index in [1.54, 1.807) is 43.5 Å². The summed E-state index contributed by atoms with van der Waals surface area (Å²) < 4.78 is 5.27. The Labute approximate surface area is 184 Å². The van der Waals surface area contributed by atoms with Gasteiger partial charge in [0, 0.05) is 17.0 Å². The molecule has 0 aliphatic carbocycles. The molecule has 0 bridgehead atoms. The van der Waals surface area contributed by atoms with E-state index in [9.17, 15) is 9.90 Å². The van der Waals surface area contributed by atoms with Crippen molar-refractivity contribution in [2.75, 3.05) is 12.1 Å². The van der Waals surface area contributed by atoms with E-state index in [4.69, 9.17) is 33.0 Å². The number of hydrazone groups is 1. The minimum Gasteiger partial charge on any atom is -0.497 e. The molecule has 0 fully saturated rings. The molecule has 7 heteroatoms. The summed E-state index contributed by atoms with van der Waals surface area (Å²) in [4.78, 5) is 11.2. The van der Waals surface area contributed by atoms with E-state index in [-0.39, 0.29) is 11.6 Å². The van der Waals surface area contributed by atoms with Crippen molar-refractivity contribution in [2.24, 2.45) is 5.10 Å². The minimum atomic E-state index is -0.966. The molecule has 0 saturated heterocycles. The summed E-state index contributed by atoms with van der Waals surface area (Å²) in [5, 5.41) is 17.0. The number of methoxy groups -OCH3 is 1. The van der Waals surface area contributed by atoms with E-state index >= 15 is 0 Å². The van der Waals surface area contributed by atoms with Gasteiger partial charge in [0.05, 0.1) is 35.1 Å². The highest BCUT2D eigenvalue weighted by Gasteiger charge is 2.31. The Bertz CT molecular complexity index is 1110. The van der Waals surface area contributed by atoms with Gasteiger partial charge in [-0.2, -0.15) is 5.10 Å². The highest BCUT2D eigenvalue weighted by atomic mass is 35.5. The van der Waals surface area contributed by atoms with Crippen molar-refractivity contribution in [3.8, 4) is 5.75 Å². The van der Waals surface area contributed by atoms with Crippen LogP contribution in [0.5, 0.6) is 5.75 Å². The van der Waals surface area contributed by atoms with Crippen LogP contribution in [0.1, 0.15) is 33.9 Å². The van der Waals surface area contributed by atoms with Gasteiger partial charge in [0.1, 0.15) is 5.75 Å². The molecule has 0 amide bonds. The second-order valence-electron chi connectivity index (χ2n) is 6.86. The van der Waals surface area contributed by atoms with Gasteiger partial charge >= 0.3 is 5.97 Å². The summed E-state index contributed by atoms with van der Waals surface area (Å²) in [6.07, 6.45) is 0.633. The molecular weight excluding hydrogens is 423 g/mol. The third-order valence-corrected chi connectivity index (χ3v) is 5.58. The number of benzene rings is 3. The van der Waals surface area contributed by atoms with E-state index in [0.717, 1.165) is 28.3 Å². The Morgan fingerprint density at radius 2 is 1.77 bits per heavy atom. The molecule has 3 aromatic rings. The first-order valence-electron chi connectivity index (χ1n) is 9.25. The molecule has 0 spiro atoms. The summed E-state index contributed by atoms with van der Waals surface area (Å²) in [5.74, 6) is -0.192. The van der Waals surface area contributed by atoms with Crippen molar-refractivity contribution in [3.63, 3.8) is 0 Å². The fourth-order valence-corrected chi connectivity index (χ4v) is 3.99. The molecule has 1 atom stereocenters. The molecule has 5 nitrogen and oxygen atoms in total. The van der Waals surface area contributed by atoms with Crippen molar-refractivity contribution in [1.82, 2.24) is 0 Å². The van der Waals surface area contributed by atoms with Gasteiger partial charge in [0.15, 0.2) is 0 Å². The zero-order chi connectivity index (χ0) is 21.3. The minimum absolute atomic E-state index is 0.0756. The first kappa shape index (κ1) is 20.3. The summed E-state index contributed by atoms with van der Waals surface area (Å²) in [7, 11) is 1.63. The number of aromatic carboxylic acids is 1. The highest BCUT2D eigenvalue weighted by molar-refractivity contribution is 6.37. The number of anilines is 1. The Morgan fingerprint density at radius 3 is 2.37 bits per heavy atom. The second-order valence-corrected chi connectivity index (χ2v) is 7.70. The lowest BCUT2D eigenvalue weighted by Gasteiger charge is -2.24. The van der Waals surface area contributed by atoms with E-state index < -0.39 is 5.97 Å². The zero-order valence-electron chi connectivity index (χ0n) is 16.0. The van der Waals surface area contributed by atoms with Crippen LogP contribution < -0.4 is 9.75 Å². The van der Waals surface area contributed by atoms with Crippen molar-refractivity contribution >= 4 is 40.6 Å². The second kappa shape index (κ2) is 8.38. The van der Waals surface area contributed by atoms with Crippen LogP contribution in [0.2, 0.25) is 10.0 Å². The Morgan fingerprint density at radius 1 is 1.07 bits per heavy atom. The molecular formula is C23H18Cl2N2O3. The van der Waals surface area contributed by atoms with Crippen LogP contribution in [0.15, 0.2) is 71.8 Å². The number of nitrogens with zero attached hydrogens (tertiary/aromatic N) is 2. The molecule has 0 radical (unpaired) electrons. The van der Waals surface area contributed by atoms with Crippen LogP contribution in [0.25, 0.3) is 0 Å². The number of ether oxygens (including phenoxy) is 1. The van der Waals surface area contributed by atoms with Gasteiger partial charge in [-0.15, -0.1) is 0 Å². The first-order chi connectivity index (χ1) is 14.5. The van der Waals surface area contributed by atoms with Crippen molar-refractivity contribution in [1.29, 1.82) is 0 Å². The maximum absolute atomic E-state index is 11.2. The number of carboxylic acid groups (broad SMARTS) is 1. The maximum Gasteiger partial charge on any atom is 0.335 e. The van der Waals surface area contributed by atoms with Crippen LogP contribution in [-0.4, -0.2) is 23.9 Å². The van der Waals surface area contributed by atoms with E-state index in [1.165, 1.54) is 0 Å². The molecule has 1 aliphatic heterocycles. The van der Waals surface area contributed by atoms with Gasteiger partial charge in [0.2, 0.25) is 0 Å². The van der Waals surface area contributed by atoms with E-state index in [1.807, 2.05) is 35.3 Å². The van der Waals surface area contributed by atoms with Gasteiger partial charge in [-0.1, -0.05) is 41.4 Å². The predicted octanol–water partition coefficient (Wildman–Crippen LogP) is 6.06.